The monoisotopic (exact) mass is 207 g/mol. The lowest BCUT2D eigenvalue weighted by atomic mass is 10.1. The van der Waals surface area contributed by atoms with Crippen LogP contribution < -0.4 is 4.73 Å². The number of halogens is 3. The molecule has 0 saturated heterocycles. The van der Waals surface area contributed by atoms with Crippen LogP contribution in [0.1, 0.15) is 11.7 Å². The summed E-state index contributed by atoms with van der Waals surface area (Å²) in [6.07, 6.45) is -4.62. The summed E-state index contributed by atoms with van der Waals surface area (Å²) >= 11 is 0. The van der Waals surface area contributed by atoms with Crippen molar-refractivity contribution in [1.29, 1.82) is 0 Å². The molecule has 0 aliphatic heterocycles. The van der Waals surface area contributed by atoms with E-state index in [2.05, 4.69) is 4.74 Å². The van der Waals surface area contributed by atoms with Crippen molar-refractivity contribution in [1.82, 2.24) is 0 Å². The van der Waals surface area contributed by atoms with E-state index in [9.17, 15) is 18.4 Å². The molecule has 0 aliphatic carbocycles. The largest absolute Gasteiger partial charge is 0.619 e. The third-order valence-corrected chi connectivity index (χ3v) is 1.63. The van der Waals surface area contributed by atoms with Gasteiger partial charge < -0.3 is 9.94 Å². The molecule has 1 rings (SSSR count). The van der Waals surface area contributed by atoms with Crippen molar-refractivity contribution in [3.8, 4) is 0 Å². The molecule has 6 heteroatoms. The summed E-state index contributed by atoms with van der Waals surface area (Å²) in [6.45, 7) is 0. The summed E-state index contributed by atoms with van der Waals surface area (Å²) < 4.78 is 41.5. The smallest absolute Gasteiger partial charge is 0.419 e. The highest BCUT2D eigenvalue weighted by molar-refractivity contribution is 5.11. The Kier molecular flexibility index (Phi) is 2.95. The van der Waals surface area contributed by atoms with Gasteiger partial charge in [0, 0.05) is 13.2 Å². The maximum atomic E-state index is 12.3. The van der Waals surface area contributed by atoms with Crippen LogP contribution in [-0.4, -0.2) is 13.3 Å². The standard InChI is InChI=1S/C8H8F3NO2/c1-14-7(8(9,10)11)6-3-2-4-12(13)5-6/h2-5,7H,1H3. The molecular weight excluding hydrogens is 199 g/mol. The fourth-order valence-corrected chi connectivity index (χ4v) is 1.09. The number of ether oxygens (including phenoxy) is 1. The summed E-state index contributed by atoms with van der Waals surface area (Å²) in [6, 6.07) is 2.43. The van der Waals surface area contributed by atoms with Gasteiger partial charge in [-0.15, -0.1) is 0 Å². The predicted octanol–water partition coefficient (Wildman–Crippen LogP) is 1.57. The van der Waals surface area contributed by atoms with Gasteiger partial charge in [0.1, 0.15) is 0 Å². The molecule has 78 valence electrons. The Bertz CT molecular complexity index is 314. The van der Waals surface area contributed by atoms with E-state index in [1.807, 2.05) is 0 Å². The Balaban J connectivity index is 3.01. The van der Waals surface area contributed by atoms with Gasteiger partial charge in [-0.3, -0.25) is 0 Å². The summed E-state index contributed by atoms with van der Waals surface area (Å²) in [5.41, 5.74) is -0.211. The van der Waals surface area contributed by atoms with Crippen molar-refractivity contribution >= 4 is 0 Å². The Morgan fingerprint density at radius 2 is 2.14 bits per heavy atom. The van der Waals surface area contributed by atoms with Crippen LogP contribution in [-0.2, 0) is 4.74 Å². The van der Waals surface area contributed by atoms with Crippen LogP contribution in [0.15, 0.2) is 24.5 Å². The van der Waals surface area contributed by atoms with Crippen molar-refractivity contribution in [3.63, 3.8) is 0 Å². The van der Waals surface area contributed by atoms with E-state index < -0.39 is 12.3 Å². The lowest BCUT2D eigenvalue weighted by Gasteiger charge is -2.17. The van der Waals surface area contributed by atoms with E-state index in [1.54, 1.807) is 0 Å². The number of pyridine rings is 1. The molecule has 14 heavy (non-hydrogen) atoms. The molecule has 3 nitrogen and oxygen atoms in total. The van der Waals surface area contributed by atoms with Gasteiger partial charge in [0.15, 0.2) is 18.5 Å². The van der Waals surface area contributed by atoms with Crippen molar-refractivity contribution in [2.24, 2.45) is 0 Å². The number of hydrogen-bond donors (Lipinski definition) is 0. The molecule has 0 amide bonds. The molecule has 0 aromatic carbocycles. The molecule has 0 bridgehead atoms. The van der Waals surface area contributed by atoms with Gasteiger partial charge in [-0.05, 0) is 6.07 Å². The minimum absolute atomic E-state index is 0.211. The highest BCUT2D eigenvalue weighted by Crippen LogP contribution is 2.34. The van der Waals surface area contributed by atoms with Crippen molar-refractivity contribution < 1.29 is 22.6 Å². The SMILES string of the molecule is COC(c1ccc[n+]([O-])c1)C(F)(F)F. The zero-order valence-corrected chi connectivity index (χ0v) is 7.28. The fraction of sp³-hybridized carbons (Fsp3) is 0.375. The average Bonchev–Trinajstić information content (AvgIpc) is 2.02. The van der Waals surface area contributed by atoms with E-state index in [1.165, 1.54) is 12.1 Å². The molecule has 0 spiro atoms. The zero-order chi connectivity index (χ0) is 10.8. The molecule has 1 heterocycles. The summed E-state index contributed by atoms with van der Waals surface area (Å²) in [5, 5.41) is 10.7. The number of aromatic nitrogens is 1. The van der Waals surface area contributed by atoms with Crippen LogP contribution in [0, 0.1) is 5.21 Å². The number of hydrogen-bond acceptors (Lipinski definition) is 2. The van der Waals surface area contributed by atoms with Gasteiger partial charge in [-0.1, -0.05) is 0 Å². The number of alkyl halides is 3. The van der Waals surface area contributed by atoms with Crippen molar-refractivity contribution in [3.05, 3.63) is 35.3 Å². The third kappa shape index (κ3) is 2.35. The molecule has 0 aliphatic rings. The van der Waals surface area contributed by atoms with E-state index in [-0.39, 0.29) is 5.56 Å². The van der Waals surface area contributed by atoms with E-state index >= 15 is 0 Å². The topological polar surface area (TPSA) is 36.2 Å². The first-order valence-electron chi connectivity index (χ1n) is 3.73. The van der Waals surface area contributed by atoms with Crippen LogP contribution in [0.25, 0.3) is 0 Å². The summed E-state index contributed by atoms with van der Waals surface area (Å²) in [4.78, 5) is 0. The molecular formula is C8H8F3NO2. The molecule has 1 aromatic heterocycles. The number of methoxy groups -OCH3 is 1. The lowest BCUT2D eigenvalue weighted by molar-refractivity contribution is -0.606. The Morgan fingerprint density at radius 3 is 2.57 bits per heavy atom. The summed E-state index contributed by atoms with van der Waals surface area (Å²) in [7, 11) is 0.945. The highest BCUT2D eigenvalue weighted by atomic mass is 19.4. The van der Waals surface area contributed by atoms with E-state index in [0.29, 0.717) is 4.73 Å². The maximum Gasteiger partial charge on any atom is 0.419 e. The Morgan fingerprint density at radius 1 is 1.50 bits per heavy atom. The second kappa shape index (κ2) is 3.83. The van der Waals surface area contributed by atoms with Crippen LogP contribution in [0.4, 0.5) is 13.2 Å². The van der Waals surface area contributed by atoms with Gasteiger partial charge in [0.05, 0.1) is 5.56 Å². The molecule has 1 aromatic rings. The Hall–Kier alpha value is -1.30. The number of rotatable bonds is 2. The van der Waals surface area contributed by atoms with Gasteiger partial charge >= 0.3 is 6.18 Å². The van der Waals surface area contributed by atoms with Crippen LogP contribution in [0.2, 0.25) is 0 Å². The van der Waals surface area contributed by atoms with Crippen molar-refractivity contribution in [2.45, 2.75) is 12.3 Å². The minimum Gasteiger partial charge on any atom is -0.619 e. The minimum atomic E-state index is -4.51. The van der Waals surface area contributed by atoms with Crippen LogP contribution in [0.5, 0.6) is 0 Å². The van der Waals surface area contributed by atoms with E-state index in [4.69, 9.17) is 0 Å². The first kappa shape index (κ1) is 10.8. The highest BCUT2D eigenvalue weighted by Gasteiger charge is 2.42. The summed E-state index contributed by atoms with van der Waals surface area (Å²) in [5.74, 6) is 0. The van der Waals surface area contributed by atoms with Crippen LogP contribution in [0.3, 0.4) is 0 Å². The molecule has 0 N–H and O–H groups in total. The second-order valence-electron chi connectivity index (χ2n) is 2.65. The maximum absolute atomic E-state index is 12.3. The third-order valence-electron chi connectivity index (χ3n) is 1.63. The van der Waals surface area contributed by atoms with Gasteiger partial charge in [0.2, 0.25) is 0 Å². The molecule has 0 fully saturated rings. The molecule has 1 atom stereocenters. The lowest BCUT2D eigenvalue weighted by Crippen LogP contribution is -2.29. The fourth-order valence-electron chi connectivity index (χ4n) is 1.09. The van der Waals surface area contributed by atoms with Gasteiger partial charge in [0.25, 0.3) is 0 Å². The quantitative estimate of drug-likeness (QED) is 0.545. The van der Waals surface area contributed by atoms with Crippen LogP contribution >= 0.6 is 0 Å². The van der Waals surface area contributed by atoms with Gasteiger partial charge in [-0.25, -0.2) is 0 Å². The normalized spacial score (nSPS) is 14.0. The second-order valence-corrected chi connectivity index (χ2v) is 2.65. The van der Waals surface area contributed by atoms with E-state index in [0.717, 1.165) is 19.5 Å². The Labute approximate surface area is 78.3 Å². The van der Waals surface area contributed by atoms with Gasteiger partial charge in [-0.2, -0.15) is 17.9 Å². The molecule has 1 unspecified atom stereocenters. The average molecular weight is 207 g/mol. The van der Waals surface area contributed by atoms with Crippen molar-refractivity contribution in [2.75, 3.05) is 7.11 Å². The first-order chi connectivity index (χ1) is 6.45. The number of nitrogens with zero attached hydrogens (tertiary/aromatic N) is 1. The zero-order valence-electron chi connectivity index (χ0n) is 7.28. The first-order valence-corrected chi connectivity index (χ1v) is 3.73. The predicted molar refractivity (Wildman–Crippen MR) is 41.2 cm³/mol. The molecule has 0 radical (unpaired) electrons. The molecule has 0 saturated carbocycles.